The first-order chi connectivity index (χ1) is 14.7. The molecule has 1 aliphatic rings. The van der Waals surface area contributed by atoms with Crippen LogP contribution in [0.5, 0.6) is 0 Å². The van der Waals surface area contributed by atoms with Crippen molar-refractivity contribution in [1.29, 1.82) is 0 Å². The zero-order chi connectivity index (χ0) is 22.6. The van der Waals surface area contributed by atoms with Gasteiger partial charge < -0.3 is 10.0 Å². The molecule has 170 valence electrons. The predicted molar refractivity (Wildman–Crippen MR) is 120 cm³/mol. The third kappa shape index (κ3) is 5.76. The largest absolute Gasteiger partial charge is 0.464 e. The van der Waals surface area contributed by atoms with E-state index in [-0.39, 0.29) is 11.2 Å². The average molecular weight is 433 g/mol. The second kappa shape index (κ2) is 9.68. The maximum atomic E-state index is 13.1. The van der Waals surface area contributed by atoms with Crippen molar-refractivity contribution in [2.45, 2.75) is 52.0 Å². The summed E-state index contributed by atoms with van der Waals surface area (Å²) in [6.07, 6.45) is 3.06. The molecule has 1 saturated heterocycles. The Morgan fingerprint density at radius 1 is 1.00 bits per heavy atom. The third-order valence-electron chi connectivity index (χ3n) is 5.87. The molecule has 0 bridgehead atoms. The lowest BCUT2D eigenvalue weighted by molar-refractivity contribution is 0.195. The zero-order valence-electron chi connectivity index (χ0n) is 18.7. The standard InChI is InChI=1S/C23H33FN4O3/c1-23(2,3)20-17-28(22(30)31)21(29)27(20)12-6-4-5-11-25-13-15-26(16-14-25)19-9-7-18(24)8-10-19/h7-10,17H,4-6,11-16H2,1-3H3,(H,30,31). The highest BCUT2D eigenvalue weighted by molar-refractivity contribution is 5.67. The lowest BCUT2D eigenvalue weighted by Crippen LogP contribution is -2.46. The van der Waals surface area contributed by atoms with Crippen molar-refractivity contribution in [2.75, 3.05) is 37.6 Å². The molecule has 2 heterocycles. The quantitative estimate of drug-likeness (QED) is 0.677. The molecule has 0 aliphatic carbocycles. The monoisotopic (exact) mass is 432 g/mol. The van der Waals surface area contributed by atoms with Crippen LogP contribution in [0, 0.1) is 5.82 Å². The number of rotatable bonds is 7. The molecular weight excluding hydrogens is 399 g/mol. The molecule has 1 N–H and O–H groups in total. The van der Waals surface area contributed by atoms with Crippen LogP contribution in [0.15, 0.2) is 35.3 Å². The fraction of sp³-hybridized carbons (Fsp3) is 0.565. The summed E-state index contributed by atoms with van der Waals surface area (Å²) in [4.78, 5) is 28.5. The van der Waals surface area contributed by atoms with E-state index in [0.29, 0.717) is 6.54 Å². The zero-order valence-corrected chi connectivity index (χ0v) is 18.7. The number of piperazine rings is 1. The van der Waals surface area contributed by atoms with E-state index in [1.54, 1.807) is 4.57 Å². The average Bonchev–Trinajstić information content (AvgIpc) is 3.06. The molecule has 2 aromatic rings. The number of aromatic nitrogens is 2. The molecule has 0 spiro atoms. The van der Waals surface area contributed by atoms with Gasteiger partial charge in [0.2, 0.25) is 0 Å². The molecule has 7 nitrogen and oxygen atoms in total. The molecular formula is C23H33FN4O3. The van der Waals surface area contributed by atoms with Crippen LogP contribution in [0.4, 0.5) is 14.9 Å². The number of benzene rings is 1. The number of hydrogen-bond donors (Lipinski definition) is 1. The molecule has 1 fully saturated rings. The van der Waals surface area contributed by atoms with E-state index in [0.717, 1.165) is 67.9 Å². The van der Waals surface area contributed by atoms with Gasteiger partial charge in [0.15, 0.2) is 0 Å². The number of halogens is 1. The highest BCUT2D eigenvalue weighted by Crippen LogP contribution is 2.22. The Morgan fingerprint density at radius 3 is 2.19 bits per heavy atom. The summed E-state index contributed by atoms with van der Waals surface area (Å²) in [7, 11) is 0. The first-order valence-electron chi connectivity index (χ1n) is 11.0. The Morgan fingerprint density at radius 2 is 1.61 bits per heavy atom. The Labute approximate surface area is 182 Å². The van der Waals surface area contributed by atoms with E-state index in [1.807, 2.05) is 32.9 Å². The molecule has 1 aliphatic heterocycles. The van der Waals surface area contributed by atoms with Gasteiger partial charge in [-0.3, -0.25) is 9.47 Å². The van der Waals surface area contributed by atoms with E-state index in [9.17, 15) is 19.1 Å². The van der Waals surface area contributed by atoms with Gasteiger partial charge in [-0.2, -0.15) is 0 Å². The van der Waals surface area contributed by atoms with Gasteiger partial charge in [0.25, 0.3) is 0 Å². The first kappa shape index (κ1) is 23.1. The van der Waals surface area contributed by atoms with E-state index in [1.165, 1.54) is 18.3 Å². The SMILES string of the molecule is CC(C)(C)c1cn(C(=O)O)c(=O)n1CCCCCN1CCN(c2ccc(F)cc2)CC1. The van der Waals surface area contributed by atoms with Crippen LogP contribution in [0.3, 0.4) is 0 Å². The number of nitrogens with zero attached hydrogens (tertiary/aromatic N) is 4. The maximum Gasteiger partial charge on any atom is 0.419 e. The fourth-order valence-electron chi connectivity index (χ4n) is 4.10. The first-order valence-corrected chi connectivity index (χ1v) is 11.0. The normalized spacial score (nSPS) is 15.4. The van der Waals surface area contributed by atoms with Crippen molar-refractivity contribution < 1.29 is 14.3 Å². The molecule has 31 heavy (non-hydrogen) atoms. The highest BCUT2D eigenvalue weighted by atomic mass is 19.1. The molecule has 3 rings (SSSR count). The van der Waals surface area contributed by atoms with Crippen LogP contribution in [0.25, 0.3) is 0 Å². The number of carboxylic acid groups (broad SMARTS) is 1. The lowest BCUT2D eigenvalue weighted by atomic mass is 9.92. The van der Waals surface area contributed by atoms with Crippen molar-refractivity contribution >= 4 is 11.8 Å². The van der Waals surface area contributed by atoms with Crippen molar-refractivity contribution in [1.82, 2.24) is 14.0 Å². The number of unbranched alkanes of at least 4 members (excludes halogenated alkanes) is 2. The Balaban J connectivity index is 1.44. The Bertz CT molecular complexity index is 935. The summed E-state index contributed by atoms with van der Waals surface area (Å²) in [5.41, 5.74) is 1.03. The molecule has 1 aromatic heterocycles. The van der Waals surface area contributed by atoms with Gasteiger partial charge in [-0.25, -0.2) is 18.5 Å². The summed E-state index contributed by atoms with van der Waals surface area (Å²) in [5.74, 6) is -0.209. The molecule has 0 radical (unpaired) electrons. The van der Waals surface area contributed by atoms with Gasteiger partial charge in [-0.15, -0.1) is 0 Å². The topological polar surface area (TPSA) is 70.7 Å². The molecule has 8 heteroatoms. The van der Waals surface area contributed by atoms with Crippen LogP contribution in [-0.2, 0) is 12.0 Å². The maximum absolute atomic E-state index is 13.1. The predicted octanol–water partition coefficient (Wildman–Crippen LogP) is 3.61. The summed E-state index contributed by atoms with van der Waals surface area (Å²) >= 11 is 0. The van der Waals surface area contributed by atoms with Crippen LogP contribution in [-0.4, -0.2) is 58.0 Å². The molecule has 0 saturated carbocycles. The van der Waals surface area contributed by atoms with Crippen LogP contribution < -0.4 is 10.6 Å². The summed E-state index contributed by atoms with van der Waals surface area (Å²) in [5, 5.41) is 9.25. The summed E-state index contributed by atoms with van der Waals surface area (Å²) < 4.78 is 15.5. The van der Waals surface area contributed by atoms with Crippen molar-refractivity contribution in [2.24, 2.45) is 0 Å². The number of anilines is 1. The molecule has 0 unspecified atom stereocenters. The van der Waals surface area contributed by atoms with Gasteiger partial charge >= 0.3 is 11.8 Å². The van der Waals surface area contributed by atoms with Crippen LogP contribution in [0.2, 0.25) is 0 Å². The van der Waals surface area contributed by atoms with E-state index >= 15 is 0 Å². The second-order valence-corrected chi connectivity index (χ2v) is 9.22. The number of hydrogen-bond acceptors (Lipinski definition) is 4. The van der Waals surface area contributed by atoms with Gasteiger partial charge in [-0.05, 0) is 43.7 Å². The number of imidazole rings is 1. The third-order valence-corrected chi connectivity index (χ3v) is 5.87. The van der Waals surface area contributed by atoms with Crippen molar-refractivity contribution in [3.63, 3.8) is 0 Å². The minimum Gasteiger partial charge on any atom is -0.464 e. The fourth-order valence-corrected chi connectivity index (χ4v) is 4.10. The smallest absolute Gasteiger partial charge is 0.419 e. The van der Waals surface area contributed by atoms with Crippen molar-refractivity contribution in [3.05, 3.63) is 52.5 Å². The molecule has 1 aromatic carbocycles. The van der Waals surface area contributed by atoms with E-state index in [4.69, 9.17) is 0 Å². The van der Waals surface area contributed by atoms with Gasteiger partial charge in [0.1, 0.15) is 5.82 Å². The van der Waals surface area contributed by atoms with Gasteiger partial charge in [-0.1, -0.05) is 27.2 Å². The summed E-state index contributed by atoms with van der Waals surface area (Å²) in [6.45, 7) is 11.3. The van der Waals surface area contributed by atoms with Gasteiger partial charge in [0, 0.05) is 55.7 Å². The van der Waals surface area contributed by atoms with E-state index < -0.39 is 11.8 Å². The molecule has 0 amide bonds. The van der Waals surface area contributed by atoms with Crippen LogP contribution >= 0.6 is 0 Å². The van der Waals surface area contributed by atoms with Crippen LogP contribution in [0.1, 0.15) is 45.7 Å². The van der Waals surface area contributed by atoms with Gasteiger partial charge in [0.05, 0.1) is 0 Å². The summed E-state index contributed by atoms with van der Waals surface area (Å²) in [6, 6.07) is 6.67. The number of carbonyl (C=O) groups is 1. The highest BCUT2D eigenvalue weighted by Gasteiger charge is 2.24. The Kier molecular flexibility index (Phi) is 7.20. The Hall–Kier alpha value is -2.61. The van der Waals surface area contributed by atoms with E-state index in [2.05, 4.69) is 9.80 Å². The molecule has 0 atom stereocenters. The van der Waals surface area contributed by atoms with Crippen molar-refractivity contribution in [3.8, 4) is 0 Å². The second-order valence-electron chi connectivity index (χ2n) is 9.22. The lowest BCUT2D eigenvalue weighted by Gasteiger charge is -2.36. The minimum absolute atomic E-state index is 0.209. The minimum atomic E-state index is -1.24.